The third-order valence-electron chi connectivity index (χ3n) is 2.41. The van der Waals surface area contributed by atoms with Crippen molar-refractivity contribution in [2.45, 2.75) is 26.8 Å². The van der Waals surface area contributed by atoms with E-state index in [9.17, 15) is 4.39 Å². The van der Waals surface area contributed by atoms with E-state index in [-0.39, 0.29) is 11.9 Å². The Hall–Kier alpha value is -2.17. The van der Waals surface area contributed by atoms with Gasteiger partial charge in [-0.2, -0.15) is 0 Å². The first-order chi connectivity index (χ1) is 9.04. The van der Waals surface area contributed by atoms with Gasteiger partial charge in [0.1, 0.15) is 23.3 Å². The summed E-state index contributed by atoms with van der Waals surface area (Å²) >= 11 is 0. The second-order valence-corrected chi connectivity index (χ2v) is 4.59. The highest BCUT2D eigenvalue weighted by molar-refractivity contribution is 5.59. The number of aromatic nitrogens is 2. The number of benzene rings is 1. The zero-order chi connectivity index (χ0) is 13.8. The Kier molecular flexibility index (Phi) is 3.94. The molecule has 1 heterocycles. The van der Waals surface area contributed by atoms with Crippen molar-refractivity contribution in [2.75, 3.05) is 10.6 Å². The number of hydrogen-bond donors (Lipinski definition) is 2. The summed E-state index contributed by atoms with van der Waals surface area (Å²) in [6, 6.07) is 8.53. The lowest BCUT2D eigenvalue weighted by atomic mass is 10.3. The van der Waals surface area contributed by atoms with Gasteiger partial charge in [-0.15, -0.1) is 0 Å². The molecule has 0 saturated carbocycles. The van der Waals surface area contributed by atoms with Gasteiger partial charge in [0.15, 0.2) is 0 Å². The van der Waals surface area contributed by atoms with Gasteiger partial charge in [0.05, 0.1) is 5.69 Å². The van der Waals surface area contributed by atoms with Crippen LogP contribution in [0.25, 0.3) is 0 Å². The molecule has 0 aliphatic heterocycles. The highest BCUT2D eigenvalue weighted by atomic mass is 19.1. The molecule has 0 amide bonds. The van der Waals surface area contributed by atoms with Crippen LogP contribution in [0.1, 0.15) is 19.7 Å². The standard InChI is InChI=1S/C14H17FN4/c1-9(2)16-13-8-14(18-10(3)17-13)19-12-7-5-4-6-11(12)15/h4-9H,1-3H3,(H2,16,17,18,19). The number of aryl methyl sites for hydroxylation is 1. The van der Waals surface area contributed by atoms with Crippen LogP contribution in [0.4, 0.5) is 21.7 Å². The lowest BCUT2D eigenvalue weighted by Gasteiger charge is -2.12. The maximum absolute atomic E-state index is 13.6. The van der Waals surface area contributed by atoms with Crippen LogP contribution in [0.5, 0.6) is 0 Å². The first kappa shape index (κ1) is 13.3. The average molecular weight is 260 g/mol. The van der Waals surface area contributed by atoms with Gasteiger partial charge in [-0.3, -0.25) is 0 Å². The van der Waals surface area contributed by atoms with Crippen molar-refractivity contribution in [2.24, 2.45) is 0 Å². The third kappa shape index (κ3) is 3.64. The van der Waals surface area contributed by atoms with Crippen LogP contribution in [0.15, 0.2) is 30.3 Å². The van der Waals surface area contributed by atoms with E-state index < -0.39 is 0 Å². The quantitative estimate of drug-likeness (QED) is 0.883. The van der Waals surface area contributed by atoms with Crippen LogP contribution < -0.4 is 10.6 Å². The van der Waals surface area contributed by atoms with Gasteiger partial charge in [-0.1, -0.05) is 12.1 Å². The summed E-state index contributed by atoms with van der Waals surface area (Å²) in [4.78, 5) is 8.53. The second-order valence-electron chi connectivity index (χ2n) is 4.59. The van der Waals surface area contributed by atoms with Crippen molar-refractivity contribution in [3.05, 3.63) is 42.0 Å². The molecular formula is C14H17FN4. The molecule has 0 bridgehead atoms. The predicted octanol–water partition coefficient (Wildman–Crippen LogP) is 3.49. The van der Waals surface area contributed by atoms with Gasteiger partial charge < -0.3 is 10.6 Å². The minimum absolute atomic E-state index is 0.274. The van der Waals surface area contributed by atoms with Crippen molar-refractivity contribution in [1.29, 1.82) is 0 Å². The van der Waals surface area contributed by atoms with E-state index in [0.29, 0.717) is 17.3 Å². The normalized spacial score (nSPS) is 10.6. The highest BCUT2D eigenvalue weighted by Gasteiger charge is 2.06. The Morgan fingerprint density at radius 3 is 2.47 bits per heavy atom. The summed E-state index contributed by atoms with van der Waals surface area (Å²) in [5, 5.41) is 6.16. The lowest BCUT2D eigenvalue weighted by molar-refractivity contribution is 0.632. The summed E-state index contributed by atoms with van der Waals surface area (Å²) in [6.07, 6.45) is 0. The molecule has 4 nitrogen and oxygen atoms in total. The summed E-state index contributed by atoms with van der Waals surface area (Å²) in [5.74, 6) is 1.61. The van der Waals surface area contributed by atoms with E-state index >= 15 is 0 Å². The van der Waals surface area contributed by atoms with Crippen molar-refractivity contribution < 1.29 is 4.39 Å². The zero-order valence-electron chi connectivity index (χ0n) is 11.2. The maximum Gasteiger partial charge on any atom is 0.146 e. The molecule has 0 aliphatic rings. The number of rotatable bonds is 4. The first-order valence-electron chi connectivity index (χ1n) is 6.18. The molecule has 1 aromatic heterocycles. The molecule has 19 heavy (non-hydrogen) atoms. The van der Waals surface area contributed by atoms with E-state index in [0.717, 1.165) is 5.82 Å². The smallest absolute Gasteiger partial charge is 0.146 e. The Morgan fingerprint density at radius 1 is 1.11 bits per heavy atom. The molecule has 0 saturated heterocycles. The SMILES string of the molecule is Cc1nc(Nc2ccccc2F)cc(NC(C)C)n1. The molecule has 0 fully saturated rings. The maximum atomic E-state index is 13.6. The van der Waals surface area contributed by atoms with Gasteiger partial charge in [-0.05, 0) is 32.9 Å². The molecule has 0 radical (unpaired) electrons. The molecule has 0 spiro atoms. The van der Waals surface area contributed by atoms with E-state index in [4.69, 9.17) is 0 Å². The topological polar surface area (TPSA) is 49.8 Å². The molecule has 0 aliphatic carbocycles. The molecule has 2 aromatic rings. The fraction of sp³-hybridized carbons (Fsp3) is 0.286. The molecule has 5 heteroatoms. The van der Waals surface area contributed by atoms with Gasteiger partial charge >= 0.3 is 0 Å². The van der Waals surface area contributed by atoms with Crippen molar-refractivity contribution in [3.8, 4) is 0 Å². The summed E-state index contributed by atoms with van der Waals surface area (Å²) in [7, 11) is 0. The Bertz CT molecular complexity index is 569. The second kappa shape index (κ2) is 5.65. The highest BCUT2D eigenvalue weighted by Crippen LogP contribution is 2.20. The number of nitrogens with one attached hydrogen (secondary N) is 2. The van der Waals surface area contributed by atoms with Crippen LogP contribution in [0.2, 0.25) is 0 Å². The van der Waals surface area contributed by atoms with Crippen LogP contribution >= 0.6 is 0 Å². The lowest BCUT2D eigenvalue weighted by Crippen LogP contribution is -2.12. The third-order valence-corrected chi connectivity index (χ3v) is 2.41. The first-order valence-corrected chi connectivity index (χ1v) is 6.18. The van der Waals surface area contributed by atoms with Gasteiger partial charge in [0.25, 0.3) is 0 Å². The molecular weight excluding hydrogens is 243 g/mol. The molecule has 2 rings (SSSR count). The molecule has 2 N–H and O–H groups in total. The summed E-state index contributed by atoms with van der Waals surface area (Å²) in [6.45, 7) is 5.86. The number of para-hydroxylation sites is 1. The minimum Gasteiger partial charge on any atom is -0.368 e. The van der Waals surface area contributed by atoms with Crippen LogP contribution in [0, 0.1) is 12.7 Å². The Morgan fingerprint density at radius 2 is 1.79 bits per heavy atom. The van der Waals surface area contributed by atoms with Gasteiger partial charge in [-0.25, -0.2) is 14.4 Å². The van der Waals surface area contributed by atoms with E-state index in [2.05, 4.69) is 20.6 Å². The zero-order valence-corrected chi connectivity index (χ0v) is 11.2. The predicted molar refractivity (Wildman–Crippen MR) is 75.2 cm³/mol. The van der Waals surface area contributed by atoms with Crippen LogP contribution in [0.3, 0.4) is 0 Å². The summed E-state index contributed by atoms with van der Waals surface area (Å²) < 4.78 is 13.6. The number of halogens is 1. The number of hydrogen-bond acceptors (Lipinski definition) is 4. The van der Waals surface area contributed by atoms with Crippen molar-refractivity contribution in [1.82, 2.24) is 9.97 Å². The van der Waals surface area contributed by atoms with Gasteiger partial charge in [0.2, 0.25) is 0 Å². The molecule has 0 unspecified atom stereocenters. The van der Waals surface area contributed by atoms with E-state index in [1.807, 2.05) is 13.8 Å². The monoisotopic (exact) mass is 260 g/mol. The molecule has 100 valence electrons. The van der Waals surface area contributed by atoms with E-state index in [1.165, 1.54) is 6.07 Å². The fourth-order valence-electron chi connectivity index (χ4n) is 1.70. The Labute approximate surface area is 112 Å². The van der Waals surface area contributed by atoms with Gasteiger partial charge in [0, 0.05) is 12.1 Å². The number of anilines is 3. The molecule has 1 aromatic carbocycles. The largest absolute Gasteiger partial charge is 0.368 e. The number of nitrogens with zero attached hydrogens (tertiary/aromatic N) is 2. The van der Waals surface area contributed by atoms with Crippen LogP contribution in [-0.2, 0) is 0 Å². The van der Waals surface area contributed by atoms with Crippen LogP contribution in [-0.4, -0.2) is 16.0 Å². The van der Waals surface area contributed by atoms with Crippen molar-refractivity contribution >= 4 is 17.3 Å². The summed E-state index contributed by atoms with van der Waals surface area (Å²) in [5.41, 5.74) is 0.399. The Balaban J connectivity index is 2.25. The van der Waals surface area contributed by atoms with E-state index in [1.54, 1.807) is 31.2 Å². The average Bonchev–Trinajstić information content (AvgIpc) is 2.30. The molecule has 0 atom stereocenters. The minimum atomic E-state index is -0.308. The fourth-order valence-corrected chi connectivity index (χ4v) is 1.70. The van der Waals surface area contributed by atoms with Crippen molar-refractivity contribution in [3.63, 3.8) is 0 Å².